The maximum absolute atomic E-state index is 12.5. The van der Waals surface area contributed by atoms with Crippen LogP contribution in [0.1, 0.15) is 0 Å². The number of hydrogen-bond acceptors (Lipinski definition) is 6. The van der Waals surface area contributed by atoms with E-state index in [9.17, 15) is 13.2 Å². The van der Waals surface area contributed by atoms with Crippen LogP contribution < -0.4 is 24.2 Å². The number of amides is 1. The number of carbonyl (C=O) groups is 1. The normalized spacial score (nSPS) is 15.2. The highest BCUT2D eigenvalue weighted by Crippen LogP contribution is 2.35. The first-order valence-electron chi connectivity index (χ1n) is 7.00. The van der Waals surface area contributed by atoms with E-state index in [1.165, 1.54) is 24.3 Å². The summed E-state index contributed by atoms with van der Waals surface area (Å²) in [6.07, 6.45) is 0. The molecule has 0 saturated heterocycles. The van der Waals surface area contributed by atoms with Gasteiger partial charge in [0.25, 0.3) is 15.9 Å². The van der Waals surface area contributed by atoms with Gasteiger partial charge in [0.2, 0.25) is 6.79 Å². The zero-order valence-electron chi connectivity index (χ0n) is 12.2. The summed E-state index contributed by atoms with van der Waals surface area (Å²) in [5, 5.41) is 2.62. The van der Waals surface area contributed by atoms with Gasteiger partial charge in [-0.3, -0.25) is 9.52 Å². The van der Waals surface area contributed by atoms with Crippen LogP contribution in [0.2, 0.25) is 0 Å². The lowest BCUT2D eigenvalue weighted by Gasteiger charge is -2.18. The minimum Gasteiger partial charge on any atom is -0.482 e. The number of fused-ring (bicyclic) bond motifs is 2. The Morgan fingerprint density at radius 2 is 1.75 bits per heavy atom. The Balaban J connectivity index is 1.62. The summed E-state index contributed by atoms with van der Waals surface area (Å²) in [6.45, 7) is 0.00601. The van der Waals surface area contributed by atoms with Crippen molar-refractivity contribution in [3.63, 3.8) is 0 Å². The molecule has 2 aromatic rings. The third-order valence-electron chi connectivity index (χ3n) is 3.52. The van der Waals surface area contributed by atoms with Gasteiger partial charge in [0.1, 0.15) is 5.75 Å². The third kappa shape index (κ3) is 2.58. The molecule has 2 heterocycles. The SMILES string of the molecule is O=C1COc2ccc(NS(=O)(=O)c3ccc4c(c3)OCO4)cc2N1. The van der Waals surface area contributed by atoms with Crippen LogP contribution in [-0.4, -0.2) is 27.7 Å². The molecule has 24 heavy (non-hydrogen) atoms. The summed E-state index contributed by atoms with van der Waals surface area (Å²) in [4.78, 5) is 11.4. The molecular formula is C15H12N2O6S. The molecule has 0 unspecified atom stereocenters. The molecule has 9 heteroatoms. The van der Waals surface area contributed by atoms with Crippen molar-refractivity contribution in [3.05, 3.63) is 36.4 Å². The summed E-state index contributed by atoms with van der Waals surface area (Å²) >= 11 is 0. The Morgan fingerprint density at radius 3 is 2.62 bits per heavy atom. The van der Waals surface area contributed by atoms with Gasteiger partial charge in [-0.2, -0.15) is 0 Å². The number of hydrogen-bond donors (Lipinski definition) is 2. The van der Waals surface area contributed by atoms with Gasteiger partial charge in [-0.25, -0.2) is 8.42 Å². The van der Waals surface area contributed by atoms with Crippen molar-refractivity contribution in [1.29, 1.82) is 0 Å². The van der Waals surface area contributed by atoms with Gasteiger partial charge in [-0.1, -0.05) is 0 Å². The van der Waals surface area contributed by atoms with Crippen LogP contribution in [0.15, 0.2) is 41.3 Å². The van der Waals surface area contributed by atoms with E-state index < -0.39 is 10.0 Å². The van der Waals surface area contributed by atoms with Crippen LogP contribution >= 0.6 is 0 Å². The number of benzene rings is 2. The molecule has 0 bridgehead atoms. The van der Waals surface area contributed by atoms with E-state index in [-0.39, 0.29) is 24.2 Å². The summed E-state index contributed by atoms with van der Waals surface area (Å²) in [5.41, 5.74) is 0.717. The van der Waals surface area contributed by atoms with Gasteiger partial charge in [-0.05, 0) is 30.3 Å². The molecule has 0 fully saturated rings. The van der Waals surface area contributed by atoms with Crippen LogP contribution in [0, 0.1) is 0 Å². The molecule has 8 nitrogen and oxygen atoms in total. The van der Waals surface area contributed by atoms with Crippen molar-refractivity contribution < 1.29 is 27.4 Å². The first kappa shape index (κ1) is 14.6. The van der Waals surface area contributed by atoms with Gasteiger partial charge in [0.05, 0.1) is 16.3 Å². The average molecular weight is 348 g/mol. The molecule has 0 aliphatic carbocycles. The second-order valence-corrected chi connectivity index (χ2v) is 6.85. The van der Waals surface area contributed by atoms with Gasteiger partial charge in [0.15, 0.2) is 18.1 Å². The average Bonchev–Trinajstić information content (AvgIpc) is 3.01. The summed E-state index contributed by atoms with van der Waals surface area (Å²) in [5.74, 6) is 1.07. The first-order valence-corrected chi connectivity index (χ1v) is 8.49. The Kier molecular flexibility index (Phi) is 3.24. The van der Waals surface area contributed by atoms with E-state index in [4.69, 9.17) is 14.2 Å². The Morgan fingerprint density at radius 1 is 0.958 bits per heavy atom. The van der Waals surface area contributed by atoms with Gasteiger partial charge in [-0.15, -0.1) is 0 Å². The van der Waals surface area contributed by atoms with Crippen molar-refractivity contribution >= 4 is 27.3 Å². The smallest absolute Gasteiger partial charge is 0.262 e. The third-order valence-corrected chi connectivity index (χ3v) is 4.90. The number of nitrogens with one attached hydrogen (secondary N) is 2. The summed E-state index contributed by atoms with van der Waals surface area (Å²) < 4.78 is 43.1. The van der Waals surface area contributed by atoms with E-state index in [1.807, 2.05) is 0 Å². The molecule has 124 valence electrons. The number of ether oxygens (including phenoxy) is 3. The van der Waals surface area contributed by atoms with E-state index in [0.717, 1.165) is 0 Å². The van der Waals surface area contributed by atoms with Crippen LogP contribution in [0.25, 0.3) is 0 Å². The van der Waals surface area contributed by atoms with E-state index in [1.54, 1.807) is 12.1 Å². The lowest BCUT2D eigenvalue weighted by atomic mass is 10.2. The lowest BCUT2D eigenvalue weighted by Crippen LogP contribution is -2.25. The highest BCUT2D eigenvalue weighted by atomic mass is 32.2. The number of carbonyl (C=O) groups excluding carboxylic acids is 1. The second kappa shape index (κ2) is 5.31. The summed E-state index contributed by atoms with van der Waals surface area (Å²) in [7, 11) is -3.81. The van der Waals surface area contributed by atoms with Crippen molar-refractivity contribution in [2.24, 2.45) is 0 Å². The minimum atomic E-state index is -3.81. The Hall–Kier alpha value is -2.94. The second-order valence-electron chi connectivity index (χ2n) is 5.17. The molecule has 0 atom stereocenters. The van der Waals surface area contributed by atoms with Crippen LogP contribution in [0.5, 0.6) is 17.2 Å². The topological polar surface area (TPSA) is 103 Å². The fourth-order valence-electron chi connectivity index (χ4n) is 2.40. The molecule has 0 radical (unpaired) electrons. The monoisotopic (exact) mass is 348 g/mol. The Bertz CT molecular complexity index is 941. The summed E-state index contributed by atoms with van der Waals surface area (Å²) in [6, 6.07) is 9.01. The van der Waals surface area contributed by atoms with Crippen LogP contribution in [-0.2, 0) is 14.8 Å². The molecule has 4 rings (SSSR count). The maximum atomic E-state index is 12.5. The minimum absolute atomic E-state index is 0.0461. The van der Waals surface area contributed by atoms with Crippen molar-refractivity contribution in [2.45, 2.75) is 4.90 Å². The largest absolute Gasteiger partial charge is 0.482 e. The molecule has 2 aliphatic rings. The molecule has 0 aromatic heterocycles. The van der Waals surface area contributed by atoms with Gasteiger partial charge in [0, 0.05) is 6.07 Å². The number of anilines is 2. The van der Waals surface area contributed by atoms with Crippen LogP contribution in [0.4, 0.5) is 11.4 Å². The lowest BCUT2D eigenvalue weighted by molar-refractivity contribution is -0.118. The highest BCUT2D eigenvalue weighted by molar-refractivity contribution is 7.92. The van der Waals surface area contributed by atoms with Crippen LogP contribution in [0.3, 0.4) is 0 Å². The van der Waals surface area contributed by atoms with Crippen molar-refractivity contribution in [2.75, 3.05) is 23.4 Å². The quantitative estimate of drug-likeness (QED) is 0.872. The van der Waals surface area contributed by atoms with Gasteiger partial charge >= 0.3 is 0 Å². The predicted octanol–water partition coefficient (Wildman–Crippen LogP) is 1.55. The molecule has 0 saturated carbocycles. The highest BCUT2D eigenvalue weighted by Gasteiger charge is 2.22. The molecule has 0 spiro atoms. The van der Waals surface area contributed by atoms with Crippen molar-refractivity contribution in [1.82, 2.24) is 0 Å². The van der Waals surface area contributed by atoms with E-state index in [2.05, 4.69) is 10.0 Å². The molecule has 2 N–H and O–H groups in total. The van der Waals surface area contributed by atoms with Gasteiger partial charge < -0.3 is 19.5 Å². The predicted molar refractivity (Wildman–Crippen MR) is 83.9 cm³/mol. The molecule has 1 amide bonds. The zero-order chi connectivity index (χ0) is 16.7. The standard InChI is InChI=1S/C15H12N2O6S/c18-15-7-21-12-3-1-9(5-11(12)16-15)17-24(19,20)10-2-4-13-14(6-10)23-8-22-13/h1-6,17H,7-8H2,(H,16,18). The van der Waals surface area contributed by atoms with E-state index in [0.29, 0.717) is 28.6 Å². The molecule has 2 aliphatic heterocycles. The fraction of sp³-hybridized carbons (Fsp3) is 0.133. The zero-order valence-corrected chi connectivity index (χ0v) is 13.1. The fourth-order valence-corrected chi connectivity index (χ4v) is 3.47. The maximum Gasteiger partial charge on any atom is 0.262 e. The van der Waals surface area contributed by atoms with E-state index >= 15 is 0 Å². The molecule has 2 aromatic carbocycles. The Labute approximate surface area is 137 Å². The molecular weight excluding hydrogens is 336 g/mol. The number of sulfonamides is 1. The number of rotatable bonds is 3. The van der Waals surface area contributed by atoms with Crippen molar-refractivity contribution in [3.8, 4) is 17.2 Å². The first-order chi connectivity index (χ1) is 11.5.